The van der Waals surface area contributed by atoms with Crippen molar-refractivity contribution < 1.29 is 19.4 Å². The van der Waals surface area contributed by atoms with E-state index in [2.05, 4.69) is 0 Å². The zero-order valence-corrected chi connectivity index (χ0v) is 21.8. The molecule has 2 unspecified atom stereocenters. The molecule has 0 radical (unpaired) electrons. The number of ether oxygens (including phenoxy) is 1. The SMILES string of the molecule is CCC(O)CCCCC(Oc1ccc(C(=O)c2ccccc2)cc1)c1ccccc1C(=O)c1ccccc1. The first-order valence-electron chi connectivity index (χ1n) is 13.3. The topological polar surface area (TPSA) is 63.6 Å². The summed E-state index contributed by atoms with van der Waals surface area (Å²) in [7, 11) is 0. The Balaban J connectivity index is 1.57. The lowest BCUT2D eigenvalue weighted by Gasteiger charge is -2.22. The van der Waals surface area contributed by atoms with Crippen LogP contribution in [0.15, 0.2) is 109 Å². The van der Waals surface area contributed by atoms with Gasteiger partial charge in [0.25, 0.3) is 0 Å². The van der Waals surface area contributed by atoms with Crippen LogP contribution < -0.4 is 4.74 Å². The lowest BCUT2D eigenvalue weighted by atomic mass is 9.92. The van der Waals surface area contributed by atoms with Gasteiger partial charge >= 0.3 is 0 Å². The molecule has 38 heavy (non-hydrogen) atoms. The molecule has 4 aromatic carbocycles. The van der Waals surface area contributed by atoms with Crippen LogP contribution in [0.4, 0.5) is 0 Å². The molecule has 0 amide bonds. The minimum Gasteiger partial charge on any atom is -0.486 e. The highest BCUT2D eigenvalue weighted by atomic mass is 16.5. The van der Waals surface area contributed by atoms with Crippen molar-refractivity contribution in [2.45, 2.75) is 51.2 Å². The molecule has 0 heterocycles. The average molecular weight is 507 g/mol. The highest BCUT2D eigenvalue weighted by Gasteiger charge is 2.22. The second kappa shape index (κ2) is 13.5. The van der Waals surface area contributed by atoms with Crippen LogP contribution in [0.5, 0.6) is 5.75 Å². The third-order valence-corrected chi connectivity index (χ3v) is 6.74. The van der Waals surface area contributed by atoms with E-state index in [4.69, 9.17) is 4.74 Å². The summed E-state index contributed by atoms with van der Waals surface area (Å²) in [5.74, 6) is 0.553. The summed E-state index contributed by atoms with van der Waals surface area (Å²) in [6.45, 7) is 1.98. The van der Waals surface area contributed by atoms with Crippen LogP contribution in [-0.4, -0.2) is 22.8 Å². The molecule has 4 rings (SSSR count). The fourth-order valence-corrected chi connectivity index (χ4v) is 4.53. The second-order valence-corrected chi connectivity index (χ2v) is 9.45. The van der Waals surface area contributed by atoms with Gasteiger partial charge in [-0.15, -0.1) is 0 Å². The van der Waals surface area contributed by atoms with Crippen LogP contribution in [0, 0.1) is 0 Å². The minimum absolute atomic E-state index is 0.0398. The van der Waals surface area contributed by atoms with E-state index in [1.807, 2.05) is 91.9 Å². The van der Waals surface area contributed by atoms with Crippen molar-refractivity contribution in [3.05, 3.63) is 137 Å². The molecule has 0 spiro atoms. The number of benzene rings is 4. The quantitative estimate of drug-likeness (QED) is 0.150. The predicted octanol–water partition coefficient (Wildman–Crippen LogP) is 7.60. The summed E-state index contributed by atoms with van der Waals surface area (Å²) < 4.78 is 6.48. The van der Waals surface area contributed by atoms with Crippen molar-refractivity contribution >= 4 is 11.6 Å². The van der Waals surface area contributed by atoms with Gasteiger partial charge in [-0.05, 0) is 49.9 Å². The fraction of sp³-hybridized carbons (Fsp3) is 0.235. The van der Waals surface area contributed by atoms with Crippen LogP contribution in [0.2, 0.25) is 0 Å². The standard InChI is InChI=1S/C34H34O4/c1-2-28(35)17-9-12-20-32(30-18-10-11-19-31(30)34(37)26-15-7-4-8-16-26)38-29-23-21-27(22-24-29)33(36)25-13-5-3-6-14-25/h3-8,10-11,13-16,18-19,21-24,28,32,35H,2,9,12,17,20H2,1H3. The van der Waals surface area contributed by atoms with Crippen molar-refractivity contribution in [2.24, 2.45) is 0 Å². The van der Waals surface area contributed by atoms with Crippen LogP contribution in [0.25, 0.3) is 0 Å². The fourth-order valence-electron chi connectivity index (χ4n) is 4.53. The van der Waals surface area contributed by atoms with E-state index in [0.29, 0.717) is 34.4 Å². The van der Waals surface area contributed by atoms with Gasteiger partial charge in [0.05, 0.1) is 6.10 Å². The number of carbonyl (C=O) groups excluding carboxylic acids is 2. The molecule has 0 aromatic heterocycles. The molecule has 4 heteroatoms. The Hall–Kier alpha value is -4.02. The van der Waals surface area contributed by atoms with Crippen LogP contribution in [-0.2, 0) is 0 Å². The van der Waals surface area contributed by atoms with Crippen LogP contribution >= 0.6 is 0 Å². The first kappa shape index (κ1) is 27.0. The van der Waals surface area contributed by atoms with E-state index in [0.717, 1.165) is 31.2 Å². The minimum atomic E-state index is -0.353. The number of carbonyl (C=O) groups is 2. The molecule has 1 N–H and O–H groups in total. The van der Waals surface area contributed by atoms with Crippen LogP contribution in [0.3, 0.4) is 0 Å². The molecule has 0 bridgehead atoms. The van der Waals surface area contributed by atoms with Gasteiger partial charge in [-0.1, -0.05) is 98.3 Å². The molecular weight excluding hydrogens is 472 g/mol. The van der Waals surface area contributed by atoms with Crippen molar-refractivity contribution in [1.29, 1.82) is 0 Å². The normalized spacial score (nSPS) is 12.5. The number of hydrogen-bond acceptors (Lipinski definition) is 4. The Kier molecular flexibility index (Phi) is 9.60. The van der Waals surface area contributed by atoms with Gasteiger partial charge in [0.1, 0.15) is 11.9 Å². The molecule has 4 aromatic rings. The van der Waals surface area contributed by atoms with Crippen molar-refractivity contribution in [3.8, 4) is 5.75 Å². The van der Waals surface area contributed by atoms with Gasteiger partial charge < -0.3 is 9.84 Å². The molecule has 0 saturated carbocycles. The average Bonchev–Trinajstić information content (AvgIpc) is 2.99. The maximum atomic E-state index is 13.4. The smallest absolute Gasteiger partial charge is 0.193 e. The van der Waals surface area contributed by atoms with Crippen molar-refractivity contribution in [2.75, 3.05) is 0 Å². The number of unbranched alkanes of at least 4 members (excludes halogenated alkanes) is 1. The molecule has 0 fully saturated rings. The van der Waals surface area contributed by atoms with Gasteiger partial charge in [-0.2, -0.15) is 0 Å². The first-order chi connectivity index (χ1) is 18.6. The highest BCUT2D eigenvalue weighted by Crippen LogP contribution is 2.31. The summed E-state index contributed by atoms with van der Waals surface area (Å²) in [5.41, 5.74) is 3.32. The Morgan fingerprint density at radius 3 is 1.82 bits per heavy atom. The predicted molar refractivity (Wildman–Crippen MR) is 151 cm³/mol. The molecular formula is C34H34O4. The number of aliphatic hydroxyl groups is 1. The van der Waals surface area contributed by atoms with E-state index in [-0.39, 0.29) is 23.8 Å². The highest BCUT2D eigenvalue weighted by molar-refractivity contribution is 6.10. The molecule has 0 aliphatic rings. The molecule has 0 aliphatic carbocycles. The maximum absolute atomic E-state index is 13.4. The van der Waals surface area contributed by atoms with E-state index in [1.165, 1.54) is 0 Å². The van der Waals surface area contributed by atoms with E-state index in [1.54, 1.807) is 24.3 Å². The summed E-state index contributed by atoms with van der Waals surface area (Å²) in [5, 5.41) is 9.97. The third-order valence-electron chi connectivity index (χ3n) is 6.74. The zero-order chi connectivity index (χ0) is 26.7. The summed E-state index contributed by atoms with van der Waals surface area (Å²) >= 11 is 0. The van der Waals surface area contributed by atoms with Gasteiger partial charge in [-0.3, -0.25) is 9.59 Å². The summed E-state index contributed by atoms with van der Waals surface area (Å²) in [6.07, 6.45) is 3.24. The third kappa shape index (κ3) is 7.05. The number of hydrogen-bond donors (Lipinski definition) is 1. The van der Waals surface area contributed by atoms with Gasteiger partial charge in [0, 0.05) is 27.8 Å². The Morgan fingerprint density at radius 1 is 0.658 bits per heavy atom. The lowest BCUT2D eigenvalue weighted by Crippen LogP contribution is -2.14. The van der Waals surface area contributed by atoms with Gasteiger partial charge in [-0.25, -0.2) is 0 Å². The van der Waals surface area contributed by atoms with E-state index >= 15 is 0 Å². The Bertz CT molecular complexity index is 1310. The molecule has 194 valence electrons. The molecule has 4 nitrogen and oxygen atoms in total. The summed E-state index contributed by atoms with van der Waals surface area (Å²) in [4.78, 5) is 26.2. The monoisotopic (exact) mass is 506 g/mol. The summed E-state index contributed by atoms with van der Waals surface area (Å²) in [6, 6.07) is 33.2. The van der Waals surface area contributed by atoms with E-state index in [9.17, 15) is 14.7 Å². The maximum Gasteiger partial charge on any atom is 0.193 e. The van der Waals surface area contributed by atoms with E-state index < -0.39 is 0 Å². The van der Waals surface area contributed by atoms with Gasteiger partial charge in [0.15, 0.2) is 11.6 Å². The second-order valence-electron chi connectivity index (χ2n) is 9.45. The van der Waals surface area contributed by atoms with Gasteiger partial charge in [0.2, 0.25) is 0 Å². The molecule has 0 aliphatic heterocycles. The van der Waals surface area contributed by atoms with Crippen molar-refractivity contribution in [1.82, 2.24) is 0 Å². The molecule has 2 atom stereocenters. The number of aliphatic hydroxyl groups excluding tert-OH is 1. The first-order valence-corrected chi connectivity index (χ1v) is 13.3. The molecule has 0 saturated heterocycles. The lowest BCUT2D eigenvalue weighted by molar-refractivity contribution is 0.102. The number of ketones is 2. The van der Waals surface area contributed by atoms with Crippen molar-refractivity contribution in [3.63, 3.8) is 0 Å². The Morgan fingerprint density at radius 2 is 1.18 bits per heavy atom. The largest absolute Gasteiger partial charge is 0.486 e. The number of rotatable bonds is 13. The zero-order valence-electron chi connectivity index (χ0n) is 21.8. The Labute approximate surface area is 224 Å². The van der Waals surface area contributed by atoms with Crippen LogP contribution in [0.1, 0.15) is 82.5 Å².